The number of anilines is 2. The van der Waals surface area contributed by atoms with E-state index in [-0.39, 0.29) is 23.9 Å². The summed E-state index contributed by atoms with van der Waals surface area (Å²) in [6.07, 6.45) is 1.18. The average Bonchev–Trinajstić information content (AvgIpc) is 2.56. The minimum atomic E-state index is -0.455. The molecule has 7 nitrogen and oxygen atoms in total. The molecule has 0 fully saturated rings. The van der Waals surface area contributed by atoms with E-state index >= 15 is 0 Å². The number of nitrogens with one attached hydrogen (secondary N) is 2. The second kappa shape index (κ2) is 6.72. The molecule has 0 bridgehead atoms. The molecule has 0 atom stereocenters. The Kier molecular flexibility index (Phi) is 4.47. The van der Waals surface area contributed by atoms with E-state index in [0.29, 0.717) is 35.3 Å². The Morgan fingerprint density at radius 3 is 2.84 bits per heavy atom. The van der Waals surface area contributed by atoms with E-state index in [2.05, 4.69) is 10.6 Å². The topological polar surface area (TPSA) is 101 Å². The summed E-state index contributed by atoms with van der Waals surface area (Å²) in [6.45, 7) is 1.63. The molecule has 0 spiro atoms. The first-order valence-electron chi connectivity index (χ1n) is 7.89. The van der Waals surface area contributed by atoms with Crippen molar-refractivity contribution in [1.82, 2.24) is 0 Å². The number of hydrogen-bond acceptors (Lipinski definition) is 4. The van der Waals surface area contributed by atoms with Gasteiger partial charge in [-0.1, -0.05) is 18.2 Å². The highest BCUT2D eigenvalue weighted by Gasteiger charge is 2.17. The molecule has 1 heterocycles. The van der Waals surface area contributed by atoms with Crippen LogP contribution in [0.5, 0.6) is 0 Å². The molecule has 1 aliphatic rings. The molecule has 0 saturated carbocycles. The van der Waals surface area contributed by atoms with Gasteiger partial charge in [0, 0.05) is 29.4 Å². The maximum absolute atomic E-state index is 12.3. The normalized spacial score (nSPS) is 12.9. The van der Waals surface area contributed by atoms with Gasteiger partial charge in [0.1, 0.15) is 0 Å². The second-order valence-corrected chi connectivity index (χ2v) is 5.96. The molecular weight excluding hydrogens is 322 g/mol. The van der Waals surface area contributed by atoms with Crippen LogP contribution in [0, 0.1) is 17.0 Å². The average molecular weight is 339 g/mol. The molecule has 2 amide bonds. The second-order valence-electron chi connectivity index (χ2n) is 5.96. The highest BCUT2D eigenvalue weighted by atomic mass is 16.6. The first-order chi connectivity index (χ1) is 11.9. The Balaban J connectivity index is 1.73. The van der Waals surface area contributed by atoms with Crippen molar-refractivity contribution < 1.29 is 14.5 Å². The van der Waals surface area contributed by atoms with E-state index in [0.717, 1.165) is 5.56 Å². The molecule has 0 aliphatic carbocycles. The van der Waals surface area contributed by atoms with Crippen LogP contribution in [0.3, 0.4) is 0 Å². The third-order valence-corrected chi connectivity index (χ3v) is 4.25. The number of hydrogen-bond donors (Lipinski definition) is 2. The number of carbonyl (C=O) groups is 2. The number of amides is 2. The lowest BCUT2D eigenvalue weighted by Crippen LogP contribution is -2.20. The zero-order chi connectivity index (χ0) is 18.0. The van der Waals surface area contributed by atoms with Crippen molar-refractivity contribution in [3.8, 4) is 0 Å². The molecule has 128 valence electrons. The largest absolute Gasteiger partial charge is 0.326 e. The van der Waals surface area contributed by atoms with E-state index in [1.54, 1.807) is 31.2 Å². The summed E-state index contributed by atoms with van der Waals surface area (Å²) in [5.41, 5.74) is 3.42. The number of rotatable bonds is 4. The number of aryl methyl sites for hydroxylation is 1. The maximum atomic E-state index is 12.3. The third-order valence-electron chi connectivity index (χ3n) is 4.25. The Bertz CT molecular complexity index is 877. The smallest absolute Gasteiger partial charge is 0.272 e. The van der Waals surface area contributed by atoms with Gasteiger partial charge in [-0.05, 0) is 36.6 Å². The predicted molar refractivity (Wildman–Crippen MR) is 93.6 cm³/mol. The molecule has 0 unspecified atom stereocenters. The van der Waals surface area contributed by atoms with Crippen molar-refractivity contribution in [3.63, 3.8) is 0 Å². The van der Waals surface area contributed by atoms with Gasteiger partial charge in [0.2, 0.25) is 11.8 Å². The summed E-state index contributed by atoms with van der Waals surface area (Å²) in [5.74, 6) is -0.311. The number of benzene rings is 2. The van der Waals surface area contributed by atoms with Crippen molar-refractivity contribution in [2.45, 2.75) is 26.2 Å². The Morgan fingerprint density at radius 1 is 1.28 bits per heavy atom. The highest BCUT2D eigenvalue weighted by molar-refractivity contribution is 5.97. The fraction of sp³-hybridized carbons (Fsp3) is 0.222. The Labute approximate surface area is 144 Å². The first kappa shape index (κ1) is 16.6. The van der Waals surface area contributed by atoms with Gasteiger partial charge in [0.25, 0.3) is 5.69 Å². The summed E-state index contributed by atoms with van der Waals surface area (Å²) in [4.78, 5) is 34.3. The van der Waals surface area contributed by atoms with E-state index < -0.39 is 4.92 Å². The molecule has 7 heteroatoms. The monoisotopic (exact) mass is 339 g/mol. The van der Waals surface area contributed by atoms with E-state index in [4.69, 9.17) is 0 Å². The third kappa shape index (κ3) is 3.65. The molecule has 0 radical (unpaired) electrons. The summed E-state index contributed by atoms with van der Waals surface area (Å²) in [5, 5.41) is 16.5. The molecule has 0 saturated heterocycles. The number of nitro benzene ring substituents is 1. The van der Waals surface area contributed by atoms with Crippen LogP contribution in [0.2, 0.25) is 0 Å². The lowest BCUT2D eigenvalue weighted by Gasteiger charge is -2.18. The van der Waals surface area contributed by atoms with Crippen LogP contribution in [0.15, 0.2) is 36.4 Å². The van der Waals surface area contributed by atoms with Crippen molar-refractivity contribution in [1.29, 1.82) is 0 Å². The van der Waals surface area contributed by atoms with Gasteiger partial charge in [-0.3, -0.25) is 19.7 Å². The van der Waals surface area contributed by atoms with Crippen molar-refractivity contribution in [3.05, 3.63) is 63.2 Å². The molecule has 2 aromatic rings. The zero-order valence-corrected chi connectivity index (χ0v) is 13.7. The van der Waals surface area contributed by atoms with Crippen molar-refractivity contribution >= 4 is 28.9 Å². The number of fused-ring (bicyclic) bond motifs is 1. The lowest BCUT2D eigenvalue weighted by atomic mass is 10.0. The molecule has 2 N–H and O–H groups in total. The van der Waals surface area contributed by atoms with Gasteiger partial charge in [-0.15, -0.1) is 0 Å². The predicted octanol–water partition coefficient (Wildman–Crippen LogP) is 2.97. The molecule has 3 rings (SSSR count). The van der Waals surface area contributed by atoms with E-state index in [1.165, 1.54) is 6.07 Å². The van der Waals surface area contributed by atoms with Crippen LogP contribution in [-0.2, 0) is 22.4 Å². The first-order valence-corrected chi connectivity index (χ1v) is 7.89. The summed E-state index contributed by atoms with van der Waals surface area (Å²) < 4.78 is 0. The minimum Gasteiger partial charge on any atom is -0.326 e. The standard InChI is InChI=1S/C18H17N3O4/c1-11-13(3-2-4-16(11)21(24)25)9-18(23)19-14-7-5-12-6-8-17(22)20-15(12)10-14/h2-5,7,10H,6,8-9H2,1H3,(H,19,23)(H,20,22). The molecular formula is C18H17N3O4. The summed E-state index contributed by atoms with van der Waals surface area (Å²) in [7, 11) is 0. The van der Waals surface area contributed by atoms with Gasteiger partial charge < -0.3 is 10.6 Å². The minimum absolute atomic E-state index is 0.00166. The summed E-state index contributed by atoms with van der Waals surface area (Å²) in [6, 6.07) is 10.1. The van der Waals surface area contributed by atoms with Gasteiger partial charge in [0.15, 0.2) is 0 Å². The van der Waals surface area contributed by atoms with Crippen molar-refractivity contribution in [2.24, 2.45) is 0 Å². The molecule has 1 aliphatic heterocycles. The lowest BCUT2D eigenvalue weighted by molar-refractivity contribution is -0.385. The maximum Gasteiger partial charge on any atom is 0.272 e. The van der Waals surface area contributed by atoms with Gasteiger partial charge in [0.05, 0.1) is 11.3 Å². The molecule has 0 aromatic heterocycles. The SMILES string of the molecule is Cc1c(CC(=O)Nc2ccc3c(c2)NC(=O)CC3)cccc1[N+](=O)[O-]. The number of nitrogens with zero attached hydrogens (tertiary/aromatic N) is 1. The van der Waals surface area contributed by atoms with Gasteiger partial charge in [-0.2, -0.15) is 0 Å². The van der Waals surface area contributed by atoms with Crippen LogP contribution in [-0.4, -0.2) is 16.7 Å². The van der Waals surface area contributed by atoms with Gasteiger partial charge in [-0.25, -0.2) is 0 Å². The Hall–Kier alpha value is -3.22. The number of carbonyl (C=O) groups excluding carboxylic acids is 2. The van der Waals surface area contributed by atoms with Crippen LogP contribution < -0.4 is 10.6 Å². The van der Waals surface area contributed by atoms with E-state index in [1.807, 2.05) is 6.07 Å². The Morgan fingerprint density at radius 2 is 2.08 bits per heavy atom. The molecule has 2 aromatic carbocycles. The zero-order valence-electron chi connectivity index (χ0n) is 13.7. The van der Waals surface area contributed by atoms with Crippen molar-refractivity contribution in [2.75, 3.05) is 10.6 Å². The van der Waals surface area contributed by atoms with Crippen LogP contribution in [0.4, 0.5) is 17.1 Å². The quantitative estimate of drug-likeness (QED) is 0.660. The fourth-order valence-corrected chi connectivity index (χ4v) is 2.89. The van der Waals surface area contributed by atoms with Crippen LogP contribution >= 0.6 is 0 Å². The molecule has 25 heavy (non-hydrogen) atoms. The number of nitro groups is 1. The van der Waals surface area contributed by atoms with Crippen LogP contribution in [0.1, 0.15) is 23.1 Å². The van der Waals surface area contributed by atoms with Gasteiger partial charge >= 0.3 is 0 Å². The highest BCUT2D eigenvalue weighted by Crippen LogP contribution is 2.26. The van der Waals surface area contributed by atoms with E-state index in [9.17, 15) is 19.7 Å². The fourth-order valence-electron chi connectivity index (χ4n) is 2.89. The summed E-state index contributed by atoms with van der Waals surface area (Å²) >= 11 is 0. The van der Waals surface area contributed by atoms with Crippen LogP contribution in [0.25, 0.3) is 0 Å².